The second-order valence-corrected chi connectivity index (χ2v) is 8.79. The lowest BCUT2D eigenvalue weighted by atomic mass is 10.0. The number of nitrogens with one attached hydrogen (secondary N) is 1. The third kappa shape index (κ3) is 4.80. The molecular weight excluding hydrogens is 404 g/mol. The molecule has 32 heavy (non-hydrogen) atoms. The Bertz CT molecular complexity index is 966. The molecule has 4 rings (SSSR count). The SMILES string of the molecule is CNc1nc([C@@H]2CCN(C(=O)CCN(C)c3cccc(OC)c3)C2)nc2c1CCN(C)C2. The number of carbonyl (C=O) groups is 1. The number of nitrogens with zero attached hydrogens (tertiary/aromatic N) is 5. The van der Waals surface area contributed by atoms with E-state index in [2.05, 4.69) is 22.2 Å². The van der Waals surface area contributed by atoms with Crippen molar-refractivity contribution in [2.24, 2.45) is 0 Å². The van der Waals surface area contributed by atoms with E-state index >= 15 is 0 Å². The van der Waals surface area contributed by atoms with Crippen LogP contribution >= 0.6 is 0 Å². The number of carbonyl (C=O) groups excluding carboxylic acids is 1. The van der Waals surface area contributed by atoms with E-state index in [1.54, 1.807) is 7.11 Å². The summed E-state index contributed by atoms with van der Waals surface area (Å²) >= 11 is 0. The van der Waals surface area contributed by atoms with Gasteiger partial charge in [0.25, 0.3) is 0 Å². The van der Waals surface area contributed by atoms with Gasteiger partial charge >= 0.3 is 0 Å². The Balaban J connectivity index is 1.37. The molecule has 1 fully saturated rings. The number of methoxy groups -OCH3 is 1. The van der Waals surface area contributed by atoms with Crippen LogP contribution in [0.3, 0.4) is 0 Å². The van der Waals surface area contributed by atoms with Crippen molar-refractivity contribution in [3.8, 4) is 5.75 Å². The largest absolute Gasteiger partial charge is 0.497 e. The molecule has 172 valence electrons. The molecule has 0 unspecified atom stereocenters. The minimum absolute atomic E-state index is 0.189. The number of likely N-dealkylation sites (tertiary alicyclic amines) is 1. The van der Waals surface area contributed by atoms with E-state index in [1.807, 2.05) is 43.3 Å². The first-order valence-corrected chi connectivity index (χ1v) is 11.4. The first-order valence-electron chi connectivity index (χ1n) is 11.4. The van der Waals surface area contributed by atoms with Gasteiger partial charge in [0.15, 0.2) is 0 Å². The van der Waals surface area contributed by atoms with Gasteiger partial charge in [-0.2, -0.15) is 0 Å². The van der Waals surface area contributed by atoms with E-state index in [4.69, 9.17) is 14.7 Å². The highest BCUT2D eigenvalue weighted by molar-refractivity contribution is 5.77. The van der Waals surface area contributed by atoms with Gasteiger partial charge in [0, 0.05) is 76.5 Å². The van der Waals surface area contributed by atoms with Crippen molar-refractivity contribution in [2.45, 2.75) is 31.7 Å². The monoisotopic (exact) mass is 438 g/mol. The van der Waals surface area contributed by atoms with E-state index in [0.717, 1.165) is 61.2 Å². The minimum atomic E-state index is 0.189. The van der Waals surface area contributed by atoms with E-state index < -0.39 is 0 Å². The third-order valence-electron chi connectivity index (χ3n) is 6.57. The van der Waals surface area contributed by atoms with Crippen molar-refractivity contribution in [3.05, 3.63) is 41.3 Å². The molecule has 1 aromatic carbocycles. The molecular formula is C24H34N6O2. The Morgan fingerprint density at radius 2 is 2.16 bits per heavy atom. The fourth-order valence-electron chi connectivity index (χ4n) is 4.57. The lowest BCUT2D eigenvalue weighted by molar-refractivity contribution is -0.129. The number of fused-ring (bicyclic) bond motifs is 1. The summed E-state index contributed by atoms with van der Waals surface area (Å²) in [7, 11) is 7.72. The third-order valence-corrected chi connectivity index (χ3v) is 6.57. The zero-order chi connectivity index (χ0) is 22.7. The molecule has 1 atom stereocenters. The first kappa shape index (κ1) is 22.3. The van der Waals surface area contributed by atoms with Crippen LogP contribution in [0.4, 0.5) is 11.5 Å². The van der Waals surface area contributed by atoms with Crippen molar-refractivity contribution in [3.63, 3.8) is 0 Å². The van der Waals surface area contributed by atoms with Crippen LogP contribution in [0.15, 0.2) is 24.3 Å². The Morgan fingerprint density at radius 1 is 1.31 bits per heavy atom. The van der Waals surface area contributed by atoms with Gasteiger partial charge in [0.05, 0.1) is 12.8 Å². The molecule has 1 aromatic heterocycles. The fourth-order valence-corrected chi connectivity index (χ4v) is 4.57. The summed E-state index contributed by atoms with van der Waals surface area (Å²) in [6, 6.07) is 7.91. The predicted octanol–water partition coefficient (Wildman–Crippen LogP) is 2.36. The standard InChI is InChI=1S/C24H34N6O2/c1-25-24-20-9-11-28(2)16-21(20)26-23(27-24)17-8-13-30(15-17)22(31)10-12-29(3)18-6-5-7-19(14-18)32-4/h5-7,14,17H,8-13,15-16H2,1-4H3,(H,25,26,27)/t17-/m1/s1. The molecule has 2 aromatic rings. The van der Waals surface area contributed by atoms with Gasteiger partial charge in [0.2, 0.25) is 5.91 Å². The van der Waals surface area contributed by atoms with E-state index in [0.29, 0.717) is 19.5 Å². The van der Waals surface area contributed by atoms with Gasteiger partial charge in [-0.25, -0.2) is 9.97 Å². The Morgan fingerprint density at radius 3 is 2.94 bits per heavy atom. The van der Waals surface area contributed by atoms with Crippen molar-refractivity contribution < 1.29 is 9.53 Å². The lowest BCUT2D eigenvalue weighted by Crippen LogP contribution is -2.32. The highest BCUT2D eigenvalue weighted by Gasteiger charge is 2.31. The second kappa shape index (κ2) is 9.73. The van der Waals surface area contributed by atoms with Gasteiger partial charge in [-0.3, -0.25) is 4.79 Å². The fraction of sp³-hybridized carbons (Fsp3) is 0.542. The Labute approximate surface area is 190 Å². The van der Waals surface area contributed by atoms with Crippen LogP contribution < -0.4 is 15.0 Å². The highest BCUT2D eigenvalue weighted by Crippen LogP contribution is 2.30. The number of rotatable bonds is 7. The maximum atomic E-state index is 12.9. The zero-order valence-corrected chi connectivity index (χ0v) is 19.6. The lowest BCUT2D eigenvalue weighted by Gasteiger charge is -2.26. The number of anilines is 2. The van der Waals surface area contributed by atoms with Crippen molar-refractivity contribution in [1.29, 1.82) is 0 Å². The van der Waals surface area contributed by atoms with Crippen molar-refractivity contribution in [2.75, 3.05) is 64.6 Å². The van der Waals surface area contributed by atoms with Crippen LogP contribution in [0.25, 0.3) is 0 Å². The molecule has 2 aliphatic rings. The van der Waals surface area contributed by atoms with Crippen molar-refractivity contribution >= 4 is 17.4 Å². The maximum absolute atomic E-state index is 12.9. The number of benzene rings is 1. The first-order chi connectivity index (χ1) is 15.5. The quantitative estimate of drug-likeness (QED) is 0.711. The van der Waals surface area contributed by atoms with Crippen LogP contribution in [0, 0.1) is 0 Å². The Kier molecular flexibility index (Phi) is 6.79. The van der Waals surface area contributed by atoms with E-state index in [-0.39, 0.29) is 11.8 Å². The van der Waals surface area contributed by atoms with Crippen LogP contribution in [-0.4, -0.2) is 80.1 Å². The van der Waals surface area contributed by atoms with Crippen LogP contribution in [0.5, 0.6) is 5.75 Å². The molecule has 1 saturated heterocycles. The maximum Gasteiger partial charge on any atom is 0.224 e. The summed E-state index contributed by atoms with van der Waals surface area (Å²) in [6.07, 6.45) is 2.37. The van der Waals surface area contributed by atoms with Crippen LogP contribution in [-0.2, 0) is 17.8 Å². The number of aromatic nitrogens is 2. The van der Waals surface area contributed by atoms with Crippen LogP contribution in [0.1, 0.15) is 35.8 Å². The molecule has 8 heteroatoms. The molecule has 3 heterocycles. The molecule has 0 aliphatic carbocycles. The molecule has 0 saturated carbocycles. The number of hydrogen-bond donors (Lipinski definition) is 1. The molecule has 0 bridgehead atoms. The number of ether oxygens (including phenoxy) is 1. The van der Waals surface area contributed by atoms with Crippen LogP contribution in [0.2, 0.25) is 0 Å². The van der Waals surface area contributed by atoms with Crippen molar-refractivity contribution in [1.82, 2.24) is 19.8 Å². The summed E-state index contributed by atoms with van der Waals surface area (Å²) in [5.41, 5.74) is 3.40. The van der Waals surface area contributed by atoms with E-state index in [9.17, 15) is 4.79 Å². The average molecular weight is 439 g/mol. The van der Waals surface area contributed by atoms with Gasteiger partial charge in [-0.05, 0) is 32.0 Å². The topological polar surface area (TPSA) is 73.8 Å². The number of amides is 1. The van der Waals surface area contributed by atoms with Gasteiger partial charge in [0.1, 0.15) is 17.4 Å². The normalized spacial score (nSPS) is 18.4. The Hall–Kier alpha value is -2.87. The smallest absolute Gasteiger partial charge is 0.224 e. The molecule has 1 N–H and O–H groups in total. The molecule has 0 radical (unpaired) electrons. The number of hydrogen-bond acceptors (Lipinski definition) is 7. The van der Waals surface area contributed by atoms with Gasteiger partial charge in [-0.15, -0.1) is 0 Å². The highest BCUT2D eigenvalue weighted by atomic mass is 16.5. The summed E-state index contributed by atoms with van der Waals surface area (Å²) in [5.74, 6) is 3.02. The predicted molar refractivity (Wildman–Crippen MR) is 126 cm³/mol. The van der Waals surface area contributed by atoms with Gasteiger partial charge < -0.3 is 24.8 Å². The molecule has 0 spiro atoms. The molecule has 2 aliphatic heterocycles. The summed E-state index contributed by atoms with van der Waals surface area (Å²) in [6.45, 7) is 4.01. The summed E-state index contributed by atoms with van der Waals surface area (Å²) in [5, 5.41) is 3.26. The van der Waals surface area contributed by atoms with Gasteiger partial charge in [-0.1, -0.05) is 6.07 Å². The van der Waals surface area contributed by atoms with E-state index in [1.165, 1.54) is 5.56 Å². The average Bonchev–Trinajstić information content (AvgIpc) is 3.32. The zero-order valence-electron chi connectivity index (χ0n) is 19.6. The minimum Gasteiger partial charge on any atom is -0.497 e. The summed E-state index contributed by atoms with van der Waals surface area (Å²) < 4.78 is 5.30. The molecule has 8 nitrogen and oxygen atoms in total. The summed E-state index contributed by atoms with van der Waals surface area (Å²) in [4.78, 5) is 29.0. The number of likely N-dealkylation sites (N-methyl/N-ethyl adjacent to an activating group) is 1. The second-order valence-electron chi connectivity index (χ2n) is 8.79. The molecule has 1 amide bonds.